The zero-order chi connectivity index (χ0) is 28.0. The summed E-state index contributed by atoms with van der Waals surface area (Å²) in [6.07, 6.45) is 7.02. The molecule has 3 aromatic heterocycles. The molecule has 0 radical (unpaired) electrons. The zero-order valence-corrected chi connectivity index (χ0v) is 22.1. The lowest BCUT2D eigenvalue weighted by atomic mass is 9.85. The summed E-state index contributed by atoms with van der Waals surface area (Å²) in [6, 6.07) is 7.93. The van der Waals surface area contributed by atoms with Gasteiger partial charge < -0.3 is 18.8 Å². The fourth-order valence-corrected chi connectivity index (χ4v) is 6.23. The molecule has 1 saturated heterocycles. The first-order chi connectivity index (χ1) is 19.3. The molecule has 4 aromatic rings. The predicted octanol–water partition coefficient (Wildman–Crippen LogP) is 5.07. The molecular formula is C29H28F3N5O3. The SMILES string of the molecule is COC(=O)C1[C@@H]2CC[C@H]1CN(c1ncc(-c3cn4c(Cc5ccccc5OC(F)F)c(C)nc4cc3F)cn1)C2. The van der Waals surface area contributed by atoms with Gasteiger partial charge in [0.2, 0.25) is 5.95 Å². The second-order valence-electron chi connectivity index (χ2n) is 10.4. The molecule has 8 nitrogen and oxygen atoms in total. The number of aromatic nitrogens is 4. The quantitative estimate of drug-likeness (QED) is 0.297. The van der Waals surface area contributed by atoms with Crippen molar-refractivity contribution in [2.24, 2.45) is 17.8 Å². The van der Waals surface area contributed by atoms with Gasteiger partial charge in [-0.25, -0.2) is 19.3 Å². The number of imidazole rings is 1. The van der Waals surface area contributed by atoms with E-state index in [0.717, 1.165) is 18.5 Å². The molecule has 1 aliphatic carbocycles. The van der Waals surface area contributed by atoms with Crippen LogP contribution in [0.25, 0.3) is 16.8 Å². The molecule has 1 aliphatic heterocycles. The number of methoxy groups -OCH3 is 1. The van der Waals surface area contributed by atoms with Gasteiger partial charge in [-0.2, -0.15) is 8.78 Å². The molecular weight excluding hydrogens is 523 g/mol. The third kappa shape index (κ3) is 4.73. The van der Waals surface area contributed by atoms with Crippen molar-refractivity contribution < 1.29 is 27.4 Å². The number of aryl methyl sites for hydroxylation is 1. The zero-order valence-electron chi connectivity index (χ0n) is 22.1. The number of anilines is 1. The number of piperidine rings is 1. The molecule has 4 heterocycles. The van der Waals surface area contributed by atoms with Gasteiger partial charge in [0.1, 0.15) is 17.2 Å². The van der Waals surface area contributed by atoms with Gasteiger partial charge in [-0.15, -0.1) is 0 Å². The molecule has 6 rings (SSSR count). The van der Waals surface area contributed by atoms with E-state index in [1.54, 1.807) is 48.1 Å². The fraction of sp³-hybridized carbons (Fsp3) is 0.379. The van der Waals surface area contributed by atoms with E-state index in [-0.39, 0.29) is 35.9 Å². The lowest BCUT2D eigenvalue weighted by Crippen LogP contribution is -2.45. The van der Waals surface area contributed by atoms with Crippen molar-refractivity contribution in [1.82, 2.24) is 19.4 Å². The number of para-hydroxylation sites is 1. The number of nitrogens with zero attached hydrogens (tertiary/aromatic N) is 5. The normalized spacial score (nSPS) is 20.4. The Bertz CT molecular complexity index is 1540. The standard InChI is InChI=1S/C29H28F3N5O3/c1-16-23(9-17-5-3-4-6-24(17)40-28(31)32)37-15-21(22(30)10-25(37)35-16)20-11-33-29(34-12-20)36-13-18-7-8-19(14-36)26(18)27(38)39-2/h3-6,10-12,15,18-19,26,28H,7-9,13-14H2,1-2H3/t18-,19+,26?. The van der Waals surface area contributed by atoms with Gasteiger partial charge >= 0.3 is 12.6 Å². The molecule has 2 fully saturated rings. The molecule has 1 saturated carbocycles. The van der Waals surface area contributed by atoms with Crippen LogP contribution in [0.15, 0.2) is 48.9 Å². The van der Waals surface area contributed by atoms with Crippen molar-refractivity contribution in [1.29, 1.82) is 0 Å². The highest BCUT2D eigenvalue weighted by Gasteiger charge is 2.47. The summed E-state index contributed by atoms with van der Waals surface area (Å²) in [6.45, 7) is 0.196. The lowest BCUT2D eigenvalue weighted by molar-refractivity contribution is -0.148. The van der Waals surface area contributed by atoms with Crippen LogP contribution in [0.1, 0.15) is 29.8 Å². The first kappa shape index (κ1) is 26.1. The van der Waals surface area contributed by atoms with Crippen LogP contribution in [-0.4, -0.2) is 52.1 Å². The number of rotatable bonds is 7. The van der Waals surface area contributed by atoms with Gasteiger partial charge in [0.25, 0.3) is 0 Å². The molecule has 0 amide bonds. The number of hydrogen-bond acceptors (Lipinski definition) is 7. The highest BCUT2D eigenvalue weighted by Crippen LogP contribution is 2.43. The Morgan fingerprint density at radius 3 is 2.50 bits per heavy atom. The highest BCUT2D eigenvalue weighted by molar-refractivity contribution is 5.74. The first-order valence-corrected chi connectivity index (χ1v) is 13.2. The Balaban J connectivity index is 1.27. The number of esters is 1. The van der Waals surface area contributed by atoms with Crippen LogP contribution >= 0.6 is 0 Å². The van der Waals surface area contributed by atoms with E-state index in [1.807, 2.05) is 0 Å². The molecule has 1 aromatic carbocycles. The van der Waals surface area contributed by atoms with E-state index in [2.05, 4.69) is 19.9 Å². The predicted molar refractivity (Wildman–Crippen MR) is 141 cm³/mol. The van der Waals surface area contributed by atoms with Crippen LogP contribution < -0.4 is 9.64 Å². The van der Waals surface area contributed by atoms with Crippen molar-refractivity contribution in [3.63, 3.8) is 0 Å². The van der Waals surface area contributed by atoms with Gasteiger partial charge in [0, 0.05) is 66.6 Å². The molecule has 3 atom stereocenters. The van der Waals surface area contributed by atoms with Crippen LogP contribution in [-0.2, 0) is 16.0 Å². The summed E-state index contributed by atoms with van der Waals surface area (Å²) in [5.41, 5.74) is 3.13. The topological polar surface area (TPSA) is 81.9 Å². The van der Waals surface area contributed by atoms with Crippen LogP contribution in [0.5, 0.6) is 5.75 Å². The second kappa shape index (κ2) is 10.4. The summed E-state index contributed by atoms with van der Waals surface area (Å²) in [5.74, 6) is 0.333. The number of carbonyl (C=O) groups is 1. The first-order valence-electron chi connectivity index (χ1n) is 13.2. The number of alkyl halides is 2. The number of benzene rings is 1. The Hall–Kier alpha value is -4.15. The number of halogens is 3. The van der Waals surface area contributed by atoms with Gasteiger partial charge in [-0.3, -0.25) is 4.79 Å². The molecule has 2 aliphatic rings. The van der Waals surface area contributed by atoms with Crippen molar-refractivity contribution >= 4 is 17.6 Å². The Morgan fingerprint density at radius 1 is 1.12 bits per heavy atom. The minimum absolute atomic E-state index is 0.0805. The number of carbonyl (C=O) groups excluding carboxylic acids is 1. The number of fused-ring (bicyclic) bond motifs is 3. The Labute approximate surface area is 228 Å². The third-order valence-electron chi connectivity index (χ3n) is 8.09. The monoisotopic (exact) mass is 551 g/mol. The van der Waals surface area contributed by atoms with Crippen LogP contribution in [0.3, 0.4) is 0 Å². The maximum atomic E-state index is 15.2. The van der Waals surface area contributed by atoms with E-state index in [9.17, 15) is 13.6 Å². The summed E-state index contributed by atoms with van der Waals surface area (Å²) >= 11 is 0. The van der Waals surface area contributed by atoms with Gasteiger partial charge in [0.15, 0.2) is 0 Å². The molecule has 0 N–H and O–H groups in total. The maximum absolute atomic E-state index is 15.2. The molecule has 1 unspecified atom stereocenters. The maximum Gasteiger partial charge on any atom is 0.387 e. The molecule has 11 heteroatoms. The van der Waals surface area contributed by atoms with Gasteiger partial charge in [-0.1, -0.05) is 18.2 Å². The van der Waals surface area contributed by atoms with Crippen molar-refractivity contribution in [3.8, 4) is 16.9 Å². The molecule has 2 bridgehead atoms. The van der Waals surface area contributed by atoms with E-state index < -0.39 is 12.4 Å². The summed E-state index contributed by atoms with van der Waals surface area (Å²) in [5, 5.41) is 0. The summed E-state index contributed by atoms with van der Waals surface area (Å²) in [7, 11) is 1.43. The van der Waals surface area contributed by atoms with Crippen molar-refractivity contribution in [2.45, 2.75) is 32.8 Å². The van der Waals surface area contributed by atoms with Crippen LogP contribution in [0.4, 0.5) is 19.1 Å². The second-order valence-corrected chi connectivity index (χ2v) is 10.4. The molecule has 208 valence electrons. The average molecular weight is 552 g/mol. The molecule has 0 spiro atoms. The largest absolute Gasteiger partial charge is 0.469 e. The van der Waals surface area contributed by atoms with Crippen LogP contribution in [0.2, 0.25) is 0 Å². The summed E-state index contributed by atoms with van der Waals surface area (Å²) < 4.78 is 52.6. The molecule has 40 heavy (non-hydrogen) atoms. The Kier molecular flexibility index (Phi) is 6.81. The van der Waals surface area contributed by atoms with E-state index in [4.69, 9.17) is 9.47 Å². The highest BCUT2D eigenvalue weighted by atomic mass is 19.3. The Morgan fingerprint density at radius 2 is 1.82 bits per heavy atom. The summed E-state index contributed by atoms with van der Waals surface area (Å²) in [4.78, 5) is 27.9. The smallest absolute Gasteiger partial charge is 0.387 e. The fourth-order valence-electron chi connectivity index (χ4n) is 6.23. The van der Waals surface area contributed by atoms with E-state index >= 15 is 4.39 Å². The average Bonchev–Trinajstić information content (AvgIpc) is 3.39. The van der Waals surface area contributed by atoms with Gasteiger partial charge in [-0.05, 0) is 37.7 Å². The lowest BCUT2D eigenvalue weighted by Gasteiger charge is -2.36. The van der Waals surface area contributed by atoms with E-state index in [1.165, 1.54) is 19.2 Å². The van der Waals surface area contributed by atoms with Crippen molar-refractivity contribution in [2.75, 3.05) is 25.1 Å². The minimum Gasteiger partial charge on any atom is -0.469 e. The number of hydrogen-bond donors (Lipinski definition) is 0. The number of ether oxygens (including phenoxy) is 2. The van der Waals surface area contributed by atoms with Crippen molar-refractivity contribution in [3.05, 3.63) is 71.7 Å². The van der Waals surface area contributed by atoms with E-state index in [0.29, 0.717) is 47.1 Å². The third-order valence-corrected chi connectivity index (χ3v) is 8.09. The van der Waals surface area contributed by atoms with Crippen LogP contribution in [0, 0.1) is 30.5 Å². The number of pyridine rings is 1. The minimum atomic E-state index is -2.94. The van der Waals surface area contributed by atoms with Gasteiger partial charge in [0.05, 0.1) is 18.7 Å².